The van der Waals surface area contributed by atoms with Crippen LogP contribution in [-0.2, 0) is 10.0 Å². The van der Waals surface area contributed by atoms with Crippen molar-refractivity contribution >= 4 is 38.2 Å². The number of ether oxygens (including phenoxy) is 1. The second-order valence-electron chi connectivity index (χ2n) is 8.28. The molecule has 2 amide bonds. The van der Waals surface area contributed by atoms with Gasteiger partial charge in [0.2, 0.25) is 0 Å². The van der Waals surface area contributed by atoms with Crippen molar-refractivity contribution in [1.29, 1.82) is 0 Å². The highest BCUT2D eigenvalue weighted by molar-refractivity contribution is 7.92. The van der Waals surface area contributed by atoms with Gasteiger partial charge < -0.3 is 15.2 Å². The predicted molar refractivity (Wildman–Crippen MR) is 130 cm³/mol. The molecular formula is C22H26N4O5S2. The number of nitrogens with zero attached hydrogens (tertiary/aromatic N) is 1. The Balaban J connectivity index is 1.93. The topological polar surface area (TPSA) is 130 Å². The quantitative estimate of drug-likeness (QED) is 0.375. The molecular weight excluding hydrogens is 464 g/mol. The lowest BCUT2D eigenvalue weighted by atomic mass is 10.1. The smallest absolute Gasteiger partial charge is 0.321 e. The number of carbonyl (C=O) groups is 1. The first kappa shape index (κ1) is 24.3. The van der Waals surface area contributed by atoms with Crippen molar-refractivity contribution in [3.05, 3.63) is 48.2 Å². The van der Waals surface area contributed by atoms with E-state index in [1.165, 1.54) is 48.8 Å². The highest BCUT2D eigenvalue weighted by Gasteiger charge is 2.23. The average Bonchev–Trinajstić information content (AvgIpc) is 3.07. The molecule has 1 heterocycles. The fourth-order valence-electron chi connectivity index (χ4n) is 2.95. The third-order valence-corrected chi connectivity index (χ3v) is 6.86. The van der Waals surface area contributed by atoms with E-state index in [1.54, 1.807) is 19.1 Å². The molecule has 0 saturated carbocycles. The van der Waals surface area contributed by atoms with Gasteiger partial charge in [-0.3, -0.25) is 10.0 Å². The maximum atomic E-state index is 13.1. The monoisotopic (exact) mass is 490 g/mol. The number of aromatic nitrogens is 1. The number of phenolic OH excluding ortho intramolecular Hbond substituents is 1. The number of hydrogen-bond acceptors (Lipinski definition) is 7. The van der Waals surface area contributed by atoms with Gasteiger partial charge in [-0.05, 0) is 75.7 Å². The molecule has 4 N–H and O–H groups in total. The largest absolute Gasteiger partial charge is 0.508 e. The molecule has 11 heteroatoms. The number of urea groups is 1. The van der Waals surface area contributed by atoms with E-state index >= 15 is 0 Å². The summed E-state index contributed by atoms with van der Waals surface area (Å²) in [6, 6.07) is 10.1. The zero-order valence-corrected chi connectivity index (χ0v) is 20.5. The van der Waals surface area contributed by atoms with E-state index in [4.69, 9.17) is 4.74 Å². The fourth-order valence-corrected chi connectivity index (χ4v) is 5.17. The van der Waals surface area contributed by atoms with Crippen molar-refractivity contribution in [3.8, 4) is 21.9 Å². The first-order valence-electron chi connectivity index (χ1n) is 9.95. The van der Waals surface area contributed by atoms with Crippen LogP contribution in [0.15, 0.2) is 47.4 Å². The summed E-state index contributed by atoms with van der Waals surface area (Å²) in [4.78, 5) is 17.2. The van der Waals surface area contributed by atoms with Crippen molar-refractivity contribution in [1.82, 2.24) is 10.3 Å². The molecule has 0 bridgehead atoms. The second kappa shape index (κ2) is 9.28. The van der Waals surface area contributed by atoms with Crippen LogP contribution in [0.5, 0.6) is 11.5 Å². The summed E-state index contributed by atoms with van der Waals surface area (Å²) < 4.78 is 33.9. The van der Waals surface area contributed by atoms with Gasteiger partial charge in [0.1, 0.15) is 16.4 Å². The number of hydrogen-bond donors (Lipinski definition) is 4. The Labute approximate surface area is 196 Å². The van der Waals surface area contributed by atoms with Crippen LogP contribution in [0.25, 0.3) is 10.4 Å². The number of nitrogens with one attached hydrogen (secondary N) is 3. The Morgan fingerprint density at radius 3 is 2.39 bits per heavy atom. The molecule has 0 atom stereocenters. The van der Waals surface area contributed by atoms with Gasteiger partial charge in [-0.2, -0.15) is 0 Å². The number of benzene rings is 2. The first-order chi connectivity index (χ1) is 15.4. The van der Waals surface area contributed by atoms with E-state index < -0.39 is 15.6 Å². The standard InChI is InChI=1S/C22H26N4O5S2/c1-13-19(32-21(23-13)24-20(28)25-22(2,3)4)14-6-11-17(31-5)18(12-14)33(29,30)26-15-7-9-16(27)10-8-15/h6-12,26-27H,1-5H3,(H2,23,24,25,28). The molecule has 0 aliphatic rings. The van der Waals surface area contributed by atoms with Crippen LogP contribution < -0.4 is 20.1 Å². The number of carbonyl (C=O) groups excluding carboxylic acids is 1. The van der Waals surface area contributed by atoms with E-state index in [0.717, 1.165) is 0 Å². The number of aromatic hydroxyl groups is 1. The van der Waals surface area contributed by atoms with Crippen LogP contribution in [0.1, 0.15) is 26.5 Å². The van der Waals surface area contributed by atoms with Gasteiger partial charge in [0.15, 0.2) is 5.13 Å². The van der Waals surface area contributed by atoms with Gasteiger partial charge in [0, 0.05) is 11.2 Å². The molecule has 0 saturated heterocycles. The molecule has 0 aliphatic heterocycles. The second-order valence-corrected chi connectivity index (χ2v) is 10.9. The zero-order valence-electron chi connectivity index (χ0n) is 18.9. The molecule has 176 valence electrons. The lowest BCUT2D eigenvalue weighted by molar-refractivity contribution is 0.244. The Hall–Kier alpha value is -3.31. The third-order valence-electron chi connectivity index (χ3n) is 4.34. The minimum atomic E-state index is -4.00. The Morgan fingerprint density at radius 1 is 1.12 bits per heavy atom. The molecule has 2 aromatic carbocycles. The summed E-state index contributed by atoms with van der Waals surface area (Å²) in [5.74, 6) is 0.203. The molecule has 1 aromatic heterocycles. The van der Waals surface area contributed by atoms with E-state index in [-0.39, 0.29) is 22.4 Å². The van der Waals surface area contributed by atoms with Crippen LogP contribution in [0, 0.1) is 6.92 Å². The molecule has 9 nitrogen and oxygen atoms in total. The maximum absolute atomic E-state index is 13.1. The van der Waals surface area contributed by atoms with Crippen molar-refractivity contribution < 1.29 is 23.1 Å². The minimum absolute atomic E-state index is 0.0267. The molecule has 3 rings (SSSR count). The maximum Gasteiger partial charge on any atom is 0.321 e. The number of rotatable bonds is 6. The van der Waals surface area contributed by atoms with Crippen molar-refractivity contribution in [2.45, 2.75) is 38.1 Å². The van der Waals surface area contributed by atoms with Crippen LogP contribution in [0.3, 0.4) is 0 Å². The van der Waals surface area contributed by atoms with Crippen molar-refractivity contribution in [3.63, 3.8) is 0 Å². The summed E-state index contributed by atoms with van der Waals surface area (Å²) in [5.41, 5.74) is 1.15. The number of amides is 2. The van der Waals surface area contributed by atoms with Gasteiger partial charge in [0.05, 0.1) is 17.7 Å². The number of thiazole rings is 1. The number of aryl methyl sites for hydroxylation is 1. The molecule has 0 radical (unpaired) electrons. The normalized spacial score (nSPS) is 11.7. The summed E-state index contributed by atoms with van der Waals surface area (Å²) in [6.45, 7) is 7.40. The molecule has 0 fully saturated rings. The lowest BCUT2D eigenvalue weighted by Gasteiger charge is -2.20. The first-order valence-corrected chi connectivity index (χ1v) is 12.2. The van der Waals surface area contributed by atoms with E-state index in [1.807, 2.05) is 20.8 Å². The van der Waals surface area contributed by atoms with Crippen molar-refractivity contribution in [2.75, 3.05) is 17.1 Å². The molecule has 0 aliphatic carbocycles. The van der Waals surface area contributed by atoms with Gasteiger partial charge in [-0.15, -0.1) is 0 Å². The Kier molecular flexibility index (Phi) is 6.84. The molecule has 0 unspecified atom stereocenters. The van der Waals surface area contributed by atoms with E-state index in [0.29, 0.717) is 27.0 Å². The van der Waals surface area contributed by atoms with E-state index in [9.17, 15) is 18.3 Å². The summed E-state index contributed by atoms with van der Waals surface area (Å²) >= 11 is 1.24. The van der Waals surface area contributed by atoms with Gasteiger partial charge in [0.25, 0.3) is 10.0 Å². The lowest BCUT2D eigenvalue weighted by Crippen LogP contribution is -2.43. The van der Waals surface area contributed by atoms with Crippen LogP contribution in [0.2, 0.25) is 0 Å². The summed E-state index contributed by atoms with van der Waals surface area (Å²) in [6.07, 6.45) is 0. The van der Waals surface area contributed by atoms with Crippen LogP contribution >= 0.6 is 11.3 Å². The number of anilines is 2. The highest BCUT2D eigenvalue weighted by atomic mass is 32.2. The Morgan fingerprint density at radius 2 is 1.79 bits per heavy atom. The predicted octanol–water partition coefficient (Wildman–Crippen LogP) is 4.55. The minimum Gasteiger partial charge on any atom is -0.508 e. The summed E-state index contributed by atoms with van der Waals surface area (Å²) in [7, 11) is -2.61. The third kappa shape index (κ3) is 6.14. The highest BCUT2D eigenvalue weighted by Crippen LogP contribution is 2.37. The summed E-state index contributed by atoms with van der Waals surface area (Å²) in [5, 5.41) is 15.3. The molecule has 33 heavy (non-hydrogen) atoms. The van der Waals surface area contributed by atoms with Gasteiger partial charge in [-0.1, -0.05) is 11.3 Å². The SMILES string of the molecule is COc1ccc(-c2sc(NC(=O)NC(C)(C)C)nc2C)cc1S(=O)(=O)Nc1ccc(O)cc1. The van der Waals surface area contributed by atoms with E-state index in [2.05, 4.69) is 20.3 Å². The van der Waals surface area contributed by atoms with Crippen LogP contribution in [-0.4, -0.2) is 37.2 Å². The van der Waals surface area contributed by atoms with Gasteiger partial charge >= 0.3 is 6.03 Å². The fraction of sp³-hybridized carbons (Fsp3) is 0.273. The average molecular weight is 491 g/mol. The number of methoxy groups -OCH3 is 1. The molecule has 3 aromatic rings. The van der Waals surface area contributed by atoms with Crippen molar-refractivity contribution in [2.24, 2.45) is 0 Å². The van der Waals surface area contributed by atoms with Crippen LogP contribution in [0.4, 0.5) is 15.6 Å². The zero-order chi connectivity index (χ0) is 24.4. The molecule has 0 spiro atoms. The van der Waals surface area contributed by atoms with Gasteiger partial charge in [-0.25, -0.2) is 18.2 Å². The number of phenols is 1. The Bertz CT molecular complexity index is 1260. The number of sulfonamides is 1.